The summed E-state index contributed by atoms with van der Waals surface area (Å²) in [5.74, 6) is 0.325. The summed E-state index contributed by atoms with van der Waals surface area (Å²) in [5, 5.41) is 2.68. The van der Waals surface area contributed by atoms with Gasteiger partial charge in [0.25, 0.3) is 5.91 Å². The number of benzene rings is 1. The van der Waals surface area contributed by atoms with Crippen LogP contribution in [0.15, 0.2) is 18.2 Å². The molecule has 26 heavy (non-hydrogen) atoms. The summed E-state index contributed by atoms with van der Waals surface area (Å²) in [6.07, 6.45) is 2.47. The Hall–Kier alpha value is -2.57. The molecule has 0 aromatic heterocycles. The minimum absolute atomic E-state index is 0.111. The zero-order valence-electron chi connectivity index (χ0n) is 15.7. The first kappa shape index (κ1) is 19.8. The van der Waals surface area contributed by atoms with Gasteiger partial charge in [-0.3, -0.25) is 14.4 Å². The lowest BCUT2D eigenvalue weighted by atomic mass is 10.1. The molecule has 142 valence electrons. The number of methoxy groups -OCH3 is 1. The van der Waals surface area contributed by atoms with Gasteiger partial charge in [0.1, 0.15) is 5.75 Å². The van der Waals surface area contributed by atoms with Gasteiger partial charge in [-0.15, -0.1) is 0 Å². The number of carbonyl (C=O) groups excluding carboxylic acids is 3. The van der Waals surface area contributed by atoms with E-state index in [0.29, 0.717) is 49.6 Å². The normalized spacial score (nSPS) is 14.1. The van der Waals surface area contributed by atoms with Gasteiger partial charge in [0.2, 0.25) is 11.8 Å². The van der Waals surface area contributed by atoms with Crippen LogP contribution in [0.4, 0.5) is 5.69 Å². The largest absolute Gasteiger partial charge is 0.495 e. The van der Waals surface area contributed by atoms with Crippen LogP contribution in [0, 0.1) is 0 Å². The number of piperazine rings is 1. The second-order valence-corrected chi connectivity index (χ2v) is 6.37. The van der Waals surface area contributed by atoms with Crippen LogP contribution in [0.5, 0.6) is 5.75 Å². The molecule has 0 radical (unpaired) electrons. The molecule has 2 rings (SSSR count). The van der Waals surface area contributed by atoms with Crippen molar-refractivity contribution in [1.29, 1.82) is 0 Å². The standard InChI is InChI=1S/C19H27N3O4/c1-4-5-6-18(24)21-9-11-22(12-10-21)19(25)15-7-8-17(26-3)16(13-15)20-14(2)23/h7-8,13H,4-6,9-12H2,1-3H3,(H,20,23). The molecule has 1 aromatic carbocycles. The van der Waals surface area contributed by atoms with Crippen molar-refractivity contribution in [2.75, 3.05) is 38.6 Å². The first-order chi connectivity index (χ1) is 12.5. The smallest absolute Gasteiger partial charge is 0.254 e. The number of unbranched alkanes of at least 4 members (excludes halogenated alkanes) is 1. The fraction of sp³-hybridized carbons (Fsp3) is 0.526. The van der Waals surface area contributed by atoms with Gasteiger partial charge in [-0.25, -0.2) is 0 Å². The highest BCUT2D eigenvalue weighted by Crippen LogP contribution is 2.26. The van der Waals surface area contributed by atoms with Gasteiger partial charge < -0.3 is 19.9 Å². The number of ether oxygens (including phenoxy) is 1. The van der Waals surface area contributed by atoms with Crippen molar-refractivity contribution in [3.05, 3.63) is 23.8 Å². The van der Waals surface area contributed by atoms with E-state index in [1.807, 2.05) is 4.90 Å². The number of nitrogens with zero attached hydrogens (tertiary/aromatic N) is 2. The molecule has 1 aromatic rings. The summed E-state index contributed by atoms with van der Waals surface area (Å²) in [5.41, 5.74) is 0.958. The lowest BCUT2D eigenvalue weighted by Crippen LogP contribution is -2.50. The Morgan fingerprint density at radius 2 is 1.77 bits per heavy atom. The summed E-state index contributed by atoms with van der Waals surface area (Å²) in [6, 6.07) is 4.98. The van der Waals surface area contributed by atoms with E-state index in [4.69, 9.17) is 4.74 Å². The molecule has 7 heteroatoms. The first-order valence-electron chi connectivity index (χ1n) is 8.99. The number of carbonyl (C=O) groups is 3. The molecule has 0 unspecified atom stereocenters. The second-order valence-electron chi connectivity index (χ2n) is 6.37. The number of rotatable bonds is 6. The Bertz CT molecular complexity index is 667. The summed E-state index contributed by atoms with van der Waals surface area (Å²) < 4.78 is 5.22. The van der Waals surface area contributed by atoms with Crippen LogP contribution >= 0.6 is 0 Å². The van der Waals surface area contributed by atoms with Crippen molar-refractivity contribution in [1.82, 2.24) is 9.80 Å². The number of hydrogen-bond acceptors (Lipinski definition) is 4. The summed E-state index contributed by atoms with van der Waals surface area (Å²) >= 11 is 0. The highest BCUT2D eigenvalue weighted by molar-refractivity contribution is 5.98. The SMILES string of the molecule is CCCCC(=O)N1CCN(C(=O)c2ccc(OC)c(NC(C)=O)c2)CC1. The van der Waals surface area contributed by atoms with Gasteiger partial charge in [-0.05, 0) is 24.6 Å². The van der Waals surface area contributed by atoms with E-state index in [-0.39, 0.29) is 17.7 Å². The van der Waals surface area contributed by atoms with Gasteiger partial charge in [0.05, 0.1) is 12.8 Å². The third-order valence-corrected chi connectivity index (χ3v) is 4.42. The van der Waals surface area contributed by atoms with Crippen LogP contribution in [0.2, 0.25) is 0 Å². The van der Waals surface area contributed by atoms with E-state index in [9.17, 15) is 14.4 Å². The maximum atomic E-state index is 12.8. The van der Waals surface area contributed by atoms with Gasteiger partial charge in [-0.2, -0.15) is 0 Å². The van der Waals surface area contributed by atoms with Crippen molar-refractivity contribution in [2.45, 2.75) is 33.1 Å². The zero-order valence-corrected chi connectivity index (χ0v) is 15.7. The minimum atomic E-state index is -0.230. The average molecular weight is 361 g/mol. The molecular weight excluding hydrogens is 334 g/mol. The van der Waals surface area contributed by atoms with Crippen LogP contribution in [0.3, 0.4) is 0 Å². The third-order valence-electron chi connectivity index (χ3n) is 4.42. The van der Waals surface area contributed by atoms with E-state index in [1.54, 1.807) is 23.1 Å². The summed E-state index contributed by atoms with van der Waals surface area (Å²) in [4.78, 5) is 39.8. The Morgan fingerprint density at radius 1 is 1.12 bits per heavy atom. The van der Waals surface area contributed by atoms with Gasteiger partial charge in [-0.1, -0.05) is 13.3 Å². The fourth-order valence-corrected chi connectivity index (χ4v) is 2.96. The molecule has 1 fully saturated rings. The summed E-state index contributed by atoms with van der Waals surface area (Å²) in [7, 11) is 1.51. The molecule has 0 atom stereocenters. The van der Waals surface area contributed by atoms with Crippen LogP contribution in [0.25, 0.3) is 0 Å². The molecule has 1 aliphatic heterocycles. The van der Waals surface area contributed by atoms with E-state index in [2.05, 4.69) is 12.2 Å². The van der Waals surface area contributed by atoms with E-state index < -0.39 is 0 Å². The minimum Gasteiger partial charge on any atom is -0.495 e. The van der Waals surface area contributed by atoms with E-state index in [1.165, 1.54) is 14.0 Å². The predicted molar refractivity (Wildman–Crippen MR) is 99.3 cm³/mol. The fourth-order valence-electron chi connectivity index (χ4n) is 2.96. The van der Waals surface area contributed by atoms with Gasteiger partial charge in [0.15, 0.2) is 0 Å². The average Bonchev–Trinajstić information content (AvgIpc) is 2.65. The van der Waals surface area contributed by atoms with Crippen LogP contribution in [-0.4, -0.2) is 60.8 Å². The third kappa shape index (κ3) is 4.97. The maximum absolute atomic E-state index is 12.8. The molecule has 0 bridgehead atoms. The number of nitrogens with one attached hydrogen (secondary N) is 1. The molecule has 3 amide bonds. The van der Waals surface area contributed by atoms with Crippen LogP contribution < -0.4 is 10.1 Å². The lowest BCUT2D eigenvalue weighted by Gasteiger charge is -2.35. The monoisotopic (exact) mass is 361 g/mol. The topological polar surface area (TPSA) is 79.0 Å². The van der Waals surface area contributed by atoms with Crippen molar-refractivity contribution >= 4 is 23.4 Å². The van der Waals surface area contributed by atoms with Crippen molar-refractivity contribution in [3.8, 4) is 5.75 Å². The maximum Gasteiger partial charge on any atom is 0.254 e. The van der Waals surface area contributed by atoms with Gasteiger partial charge >= 0.3 is 0 Å². The second kappa shape index (κ2) is 9.22. The predicted octanol–water partition coefficient (Wildman–Crippen LogP) is 2.13. The molecule has 1 saturated heterocycles. The summed E-state index contributed by atoms with van der Waals surface area (Å²) in [6.45, 7) is 5.61. The number of anilines is 1. The molecule has 7 nitrogen and oxygen atoms in total. The first-order valence-corrected chi connectivity index (χ1v) is 8.99. The van der Waals surface area contributed by atoms with Crippen molar-refractivity contribution in [3.63, 3.8) is 0 Å². The van der Waals surface area contributed by atoms with Crippen LogP contribution in [0.1, 0.15) is 43.5 Å². The van der Waals surface area contributed by atoms with Crippen LogP contribution in [-0.2, 0) is 9.59 Å². The molecule has 0 saturated carbocycles. The van der Waals surface area contributed by atoms with Crippen molar-refractivity contribution < 1.29 is 19.1 Å². The molecule has 1 N–H and O–H groups in total. The number of hydrogen-bond donors (Lipinski definition) is 1. The Morgan fingerprint density at radius 3 is 2.35 bits per heavy atom. The van der Waals surface area contributed by atoms with E-state index in [0.717, 1.165) is 12.8 Å². The molecule has 0 aliphatic carbocycles. The molecular formula is C19H27N3O4. The quantitative estimate of drug-likeness (QED) is 0.842. The Labute approximate surface area is 154 Å². The Kier molecular flexibility index (Phi) is 7.00. The highest BCUT2D eigenvalue weighted by Gasteiger charge is 2.25. The van der Waals surface area contributed by atoms with Crippen molar-refractivity contribution in [2.24, 2.45) is 0 Å². The highest BCUT2D eigenvalue weighted by atomic mass is 16.5. The van der Waals surface area contributed by atoms with E-state index >= 15 is 0 Å². The van der Waals surface area contributed by atoms with Gasteiger partial charge in [0, 0.05) is 45.1 Å². The lowest BCUT2D eigenvalue weighted by molar-refractivity contribution is -0.132. The molecule has 0 spiro atoms. The molecule has 1 aliphatic rings. The number of amides is 3. The Balaban J connectivity index is 2.01. The zero-order chi connectivity index (χ0) is 19.1. The molecule has 1 heterocycles.